The minimum absolute atomic E-state index is 0. The van der Waals surface area contributed by atoms with Crippen LogP contribution < -0.4 is 4.74 Å². The fourth-order valence-electron chi connectivity index (χ4n) is 2.54. The second kappa shape index (κ2) is 6.10. The Kier molecular flexibility index (Phi) is 4.61. The molecule has 1 aromatic heterocycles. The number of carbonyl (C=O) groups excluding carboxylic acids is 1. The maximum absolute atomic E-state index is 11.4. The summed E-state index contributed by atoms with van der Waals surface area (Å²) in [6.07, 6.45) is 1.96. The predicted molar refractivity (Wildman–Crippen MR) is 84.3 cm³/mol. The lowest BCUT2D eigenvalue weighted by molar-refractivity contribution is -0.130. The largest absolute Gasteiger partial charge is 0.425 e. The molecule has 0 aliphatic carbocycles. The summed E-state index contributed by atoms with van der Waals surface area (Å²) in [6.45, 7) is 4.94. The summed E-state index contributed by atoms with van der Waals surface area (Å²) in [5.41, 5.74) is 2.61. The van der Waals surface area contributed by atoms with E-state index in [9.17, 15) is 4.79 Å². The van der Waals surface area contributed by atoms with E-state index < -0.39 is 5.97 Å². The van der Waals surface area contributed by atoms with Crippen molar-refractivity contribution in [3.8, 4) is 5.95 Å². The van der Waals surface area contributed by atoms with Crippen LogP contribution in [-0.4, -0.2) is 24.5 Å². The van der Waals surface area contributed by atoms with Gasteiger partial charge in [0.2, 0.25) is 0 Å². The van der Waals surface area contributed by atoms with E-state index in [1.807, 2.05) is 13.1 Å². The molecule has 0 fully saturated rings. The maximum Gasteiger partial charge on any atom is 0.337 e. The quantitative estimate of drug-likeness (QED) is 0.624. The van der Waals surface area contributed by atoms with Crippen LogP contribution in [-0.2, 0) is 17.8 Å². The summed E-state index contributed by atoms with van der Waals surface area (Å²) in [7, 11) is 2.01. The first-order chi connectivity index (χ1) is 9.60. The van der Waals surface area contributed by atoms with Gasteiger partial charge in [-0.1, -0.05) is 18.2 Å². The fraction of sp³-hybridized carbons (Fsp3) is 0.267. The molecule has 0 amide bonds. The first-order valence-corrected chi connectivity index (χ1v) is 6.73. The number of hydrogen-bond donors (Lipinski definition) is 0. The van der Waals surface area contributed by atoms with Crippen molar-refractivity contribution in [1.82, 2.24) is 4.90 Å². The third-order valence-electron chi connectivity index (χ3n) is 3.50. The molecule has 2 heterocycles. The van der Waals surface area contributed by atoms with E-state index in [0.717, 1.165) is 40.6 Å². The van der Waals surface area contributed by atoms with Crippen LogP contribution >= 0.6 is 24.0 Å². The lowest BCUT2D eigenvalue weighted by Gasteiger charge is -2.13. The van der Waals surface area contributed by atoms with E-state index in [2.05, 4.69) is 11.5 Å². The van der Waals surface area contributed by atoms with Crippen molar-refractivity contribution in [1.29, 1.82) is 0 Å². The number of ether oxygens (including phenoxy) is 1. The lowest BCUT2D eigenvalue weighted by atomic mass is 10.0. The zero-order valence-corrected chi connectivity index (χ0v) is 13.1. The molecule has 112 valence electrons. The van der Waals surface area contributed by atoms with E-state index in [0.29, 0.717) is 12.1 Å². The van der Waals surface area contributed by atoms with Crippen molar-refractivity contribution in [3.05, 3.63) is 40.9 Å². The van der Waals surface area contributed by atoms with Crippen molar-refractivity contribution >= 4 is 40.9 Å². The highest BCUT2D eigenvalue weighted by molar-refractivity contribution is 6.32. The number of likely N-dealkylation sites (N-methyl/N-ethyl adjacent to an activating group) is 1. The number of esters is 1. The molecule has 3 rings (SSSR count). The number of hydrogen-bond acceptors (Lipinski definition) is 4. The van der Waals surface area contributed by atoms with Crippen LogP contribution in [0.2, 0.25) is 5.02 Å². The van der Waals surface area contributed by atoms with Crippen LogP contribution in [0.3, 0.4) is 0 Å². The van der Waals surface area contributed by atoms with Gasteiger partial charge in [0.25, 0.3) is 5.95 Å². The topological polar surface area (TPSA) is 42.7 Å². The maximum atomic E-state index is 11.4. The van der Waals surface area contributed by atoms with Gasteiger partial charge in [0, 0.05) is 29.6 Å². The van der Waals surface area contributed by atoms with Crippen molar-refractivity contribution in [2.45, 2.75) is 13.0 Å². The summed E-state index contributed by atoms with van der Waals surface area (Å²) in [5.74, 6) is -0.290. The van der Waals surface area contributed by atoms with Crippen LogP contribution in [0, 0.1) is 0 Å². The number of nitrogens with zero attached hydrogens (tertiary/aromatic N) is 1. The van der Waals surface area contributed by atoms with E-state index in [4.69, 9.17) is 20.8 Å². The Labute approximate surface area is 133 Å². The van der Waals surface area contributed by atoms with E-state index in [1.165, 1.54) is 0 Å². The molecule has 4 nitrogen and oxygen atoms in total. The average Bonchev–Trinajstić information content (AvgIpc) is 2.64. The summed E-state index contributed by atoms with van der Waals surface area (Å²) in [6, 6.07) is 3.62. The molecule has 6 heteroatoms. The molecule has 1 aromatic carbocycles. The number of carbonyl (C=O) groups is 1. The van der Waals surface area contributed by atoms with Gasteiger partial charge in [0.1, 0.15) is 5.58 Å². The minimum Gasteiger partial charge on any atom is -0.425 e. The highest BCUT2D eigenvalue weighted by atomic mass is 35.5. The van der Waals surface area contributed by atoms with Crippen molar-refractivity contribution in [2.24, 2.45) is 0 Å². The second-order valence-corrected chi connectivity index (χ2v) is 5.29. The lowest BCUT2D eigenvalue weighted by Crippen LogP contribution is -2.19. The van der Waals surface area contributed by atoms with Gasteiger partial charge in [-0.2, -0.15) is 0 Å². The number of halogens is 2. The Morgan fingerprint density at radius 3 is 2.95 bits per heavy atom. The first kappa shape index (κ1) is 15.9. The fourth-order valence-corrected chi connectivity index (χ4v) is 2.79. The highest BCUT2D eigenvalue weighted by Crippen LogP contribution is 2.39. The van der Waals surface area contributed by atoms with Gasteiger partial charge in [0.15, 0.2) is 0 Å². The third-order valence-corrected chi connectivity index (χ3v) is 3.85. The Hall–Kier alpha value is -1.49. The molecule has 0 atom stereocenters. The van der Waals surface area contributed by atoms with E-state index in [-0.39, 0.29) is 18.4 Å². The third kappa shape index (κ3) is 2.79. The van der Waals surface area contributed by atoms with Gasteiger partial charge < -0.3 is 14.1 Å². The SMILES string of the molecule is C=CC(=O)Oc1oc2ccc(Cl)c3c2c1CN(C)CC3.Cl. The van der Waals surface area contributed by atoms with Gasteiger partial charge in [-0.3, -0.25) is 0 Å². The molecule has 0 saturated heterocycles. The number of furan rings is 1. The van der Waals surface area contributed by atoms with Crippen LogP contribution in [0.15, 0.2) is 29.2 Å². The number of benzene rings is 1. The molecular weight excluding hydrogens is 313 g/mol. The van der Waals surface area contributed by atoms with Gasteiger partial charge in [-0.05, 0) is 31.2 Å². The van der Waals surface area contributed by atoms with Crippen LogP contribution in [0.1, 0.15) is 11.1 Å². The Bertz CT molecular complexity index is 708. The first-order valence-electron chi connectivity index (χ1n) is 6.35. The monoisotopic (exact) mass is 327 g/mol. The Morgan fingerprint density at radius 2 is 2.24 bits per heavy atom. The minimum atomic E-state index is -0.528. The highest BCUT2D eigenvalue weighted by Gasteiger charge is 2.25. The van der Waals surface area contributed by atoms with Gasteiger partial charge in [-0.15, -0.1) is 12.4 Å². The normalized spacial score (nSPS) is 14.4. The van der Waals surface area contributed by atoms with Crippen molar-refractivity contribution in [2.75, 3.05) is 13.6 Å². The molecule has 0 saturated carbocycles. The van der Waals surface area contributed by atoms with Crippen LogP contribution in [0.5, 0.6) is 5.95 Å². The van der Waals surface area contributed by atoms with Gasteiger partial charge in [-0.25, -0.2) is 4.79 Å². The standard InChI is InChI=1S/C15H14ClNO3.ClH/c1-3-13(18)20-15-10-8-17(2)7-6-9-11(16)4-5-12(19-15)14(9)10;/h3-5H,1,6-8H2,2H3;1H. The van der Waals surface area contributed by atoms with Crippen molar-refractivity contribution in [3.63, 3.8) is 0 Å². The van der Waals surface area contributed by atoms with Crippen LogP contribution in [0.25, 0.3) is 11.0 Å². The predicted octanol–water partition coefficient (Wildman–Crippen LogP) is 3.59. The molecule has 21 heavy (non-hydrogen) atoms. The average molecular weight is 328 g/mol. The number of rotatable bonds is 2. The van der Waals surface area contributed by atoms with Crippen molar-refractivity contribution < 1.29 is 13.9 Å². The zero-order chi connectivity index (χ0) is 14.3. The summed E-state index contributed by atoms with van der Waals surface area (Å²) < 4.78 is 10.9. The van der Waals surface area contributed by atoms with Gasteiger partial charge in [0.05, 0.1) is 5.56 Å². The Balaban J connectivity index is 0.00000161. The molecule has 0 unspecified atom stereocenters. The Morgan fingerprint density at radius 1 is 1.48 bits per heavy atom. The molecule has 0 radical (unpaired) electrons. The van der Waals surface area contributed by atoms with Crippen LogP contribution in [0.4, 0.5) is 0 Å². The molecule has 1 aliphatic heterocycles. The summed E-state index contributed by atoms with van der Waals surface area (Å²) in [5, 5.41) is 1.69. The molecule has 2 aromatic rings. The summed E-state index contributed by atoms with van der Waals surface area (Å²) >= 11 is 6.29. The van der Waals surface area contributed by atoms with E-state index >= 15 is 0 Å². The molecule has 0 spiro atoms. The summed E-state index contributed by atoms with van der Waals surface area (Å²) in [4.78, 5) is 13.6. The second-order valence-electron chi connectivity index (χ2n) is 4.88. The zero-order valence-electron chi connectivity index (χ0n) is 11.5. The smallest absolute Gasteiger partial charge is 0.337 e. The molecule has 1 aliphatic rings. The van der Waals surface area contributed by atoms with E-state index in [1.54, 1.807) is 6.07 Å². The molecular formula is C15H15Cl2NO3. The molecule has 0 bridgehead atoms. The van der Waals surface area contributed by atoms with Gasteiger partial charge >= 0.3 is 5.97 Å². The molecule has 0 N–H and O–H groups in total.